The van der Waals surface area contributed by atoms with Crippen molar-refractivity contribution in [1.82, 2.24) is 20.2 Å². The summed E-state index contributed by atoms with van der Waals surface area (Å²) < 4.78 is 15.1. The van der Waals surface area contributed by atoms with Crippen LogP contribution in [-0.4, -0.2) is 58.3 Å². The lowest BCUT2D eigenvalue weighted by Gasteiger charge is -2.21. The summed E-state index contributed by atoms with van der Waals surface area (Å²) in [5.41, 5.74) is 1.59. The van der Waals surface area contributed by atoms with Crippen LogP contribution in [0, 0.1) is 5.82 Å². The van der Waals surface area contributed by atoms with E-state index in [9.17, 15) is 9.18 Å². The Morgan fingerprint density at radius 3 is 2.86 bits per heavy atom. The van der Waals surface area contributed by atoms with Crippen LogP contribution < -0.4 is 10.2 Å². The van der Waals surface area contributed by atoms with E-state index in [1.807, 2.05) is 0 Å². The molecule has 2 aliphatic rings. The second-order valence-corrected chi connectivity index (χ2v) is 8.71. The van der Waals surface area contributed by atoms with E-state index in [1.165, 1.54) is 12.1 Å². The molecule has 0 radical (unpaired) electrons. The highest BCUT2D eigenvalue weighted by molar-refractivity contribution is 8.26. The molecule has 2 aromatic rings. The number of halogens is 1. The highest BCUT2D eigenvalue weighted by atomic mass is 32.2. The van der Waals surface area contributed by atoms with Crippen molar-refractivity contribution in [3.63, 3.8) is 0 Å². The third-order valence-electron chi connectivity index (χ3n) is 4.89. The molecule has 29 heavy (non-hydrogen) atoms. The number of nitrogens with zero attached hydrogens (tertiary/aromatic N) is 4. The van der Waals surface area contributed by atoms with Gasteiger partial charge in [-0.2, -0.15) is 0 Å². The van der Waals surface area contributed by atoms with Gasteiger partial charge in [0.2, 0.25) is 0 Å². The number of anilines is 1. The van der Waals surface area contributed by atoms with Crippen molar-refractivity contribution in [3.05, 3.63) is 46.9 Å². The Hall–Kier alpha value is -2.36. The fourth-order valence-electron chi connectivity index (χ4n) is 3.29. The smallest absolute Gasteiger partial charge is 0.263 e. The van der Waals surface area contributed by atoms with Crippen LogP contribution in [-0.2, 0) is 4.79 Å². The Kier molecular flexibility index (Phi) is 5.89. The second kappa shape index (κ2) is 8.56. The predicted octanol–water partition coefficient (Wildman–Crippen LogP) is 2.91. The molecule has 2 fully saturated rings. The molecule has 1 N–H and O–H groups in total. The Bertz CT molecular complexity index is 997. The summed E-state index contributed by atoms with van der Waals surface area (Å²) in [7, 11) is 2.12. The number of hydrogen-bond acceptors (Lipinski definition) is 7. The number of hydrogen-bond donors (Lipinski definition) is 1. The number of aromatic nitrogens is 2. The first-order valence-corrected chi connectivity index (χ1v) is 10.5. The quantitative estimate of drug-likeness (QED) is 0.595. The number of nitrogens with one attached hydrogen (secondary N) is 1. The molecule has 150 valence electrons. The number of carbonyl (C=O) groups is 1. The predicted molar refractivity (Wildman–Crippen MR) is 118 cm³/mol. The summed E-state index contributed by atoms with van der Waals surface area (Å²) in [6, 6.07) is 4.85. The van der Waals surface area contributed by atoms with E-state index in [0.29, 0.717) is 26.0 Å². The Morgan fingerprint density at radius 2 is 2.10 bits per heavy atom. The van der Waals surface area contributed by atoms with Crippen LogP contribution in [0.5, 0.6) is 0 Å². The maximum Gasteiger partial charge on any atom is 0.263 e. The summed E-state index contributed by atoms with van der Waals surface area (Å²) >= 11 is 6.09. The van der Waals surface area contributed by atoms with E-state index in [0.717, 1.165) is 50.2 Å². The van der Waals surface area contributed by atoms with Gasteiger partial charge < -0.3 is 15.1 Å². The van der Waals surface area contributed by atoms with Crippen LogP contribution in [0.1, 0.15) is 12.0 Å². The lowest BCUT2D eigenvalue weighted by molar-refractivity contribution is -0.115. The fourth-order valence-corrected chi connectivity index (χ4v) is 4.32. The molecule has 1 aromatic carbocycles. The van der Waals surface area contributed by atoms with Gasteiger partial charge in [0, 0.05) is 30.8 Å². The molecule has 0 aliphatic carbocycles. The van der Waals surface area contributed by atoms with Gasteiger partial charge in [-0.15, -0.1) is 0 Å². The molecule has 1 amide bonds. The van der Waals surface area contributed by atoms with E-state index in [2.05, 4.69) is 27.1 Å². The Balaban J connectivity index is 1.58. The largest absolute Gasteiger partial charge is 0.354 e. The highest BCUT2D eigenvalue weighted by Crippen LogP contribution is 2.28. The van der Waals surface area contributed by atoms with Gasteiger partial charge in [-0.3, -0.25) is 9.78 Å². The van der Waals surface area contributed by atoms with Crippen LogP contribution >= 0.6 is 24.0 Å². The van der Waals surface area contributed by atoms with Crippen LogP contribution in [0.25, 0.3) is 17.3 Å². The molecule has 4 rings (SSSR count). The average molecular weight is 430 g/mol. The van der Waals surface area contributed by atoms with Gasteiger partial charge in [0.05, 0.1) is 23.0 Å². The summed E-state index contributed by atoms with van der Waals surface area (Å²) in [5, 5.41) is 2.53. The van der Waals surface area contributed by atoms with Crippen molar-refractivity contribution in [3.8, 4) is 11.3 Å². The van der Waals surface area contributed by atoms with Gasteiger partial charge in [0.1, 0.15) is 16.0 Å². The number of amides is 1. The van der Waals surface area contributed by atoms with Crippen LogP contribution in [0.3, 0.4) is 0 Å². The zero-order chi connectivity index (χ0) is 20.4. The molecule has 9 heteroatoms. The standard InChI is InChI=1S/C20H20FN5OS2/c1-25-5-2-6-26(8-7-25)18-12-22-11-16(23-18)14-4-3-13(15(21)9-14)10-17-19(27)24-20(28)29-17/h3-4,9-12H,2,5-8H2,1H3,(H,24,27,28). The van der Waals surface area contributed by atoms with Crippen LogP contribution in [0.4, 0.5) is 10.2 Å². The maximum absolute atomic E-state index is 14.7. The zero-order valence-electron chi connectivity index (χ0n) is 15.9. The van der Waals surface area contributed by atoms with Gasteiger partial charge in [-0.1, -0.05) is 36.1 Å². The molecular formula is C20H20FN5OS2. The number of thiocarbonyl (C=S) groups is 1. The van der Waals surface area contributed by atoms with Crippen LogP contribution in [0.2, 0.25) is 0 Å². The summed E-state index contributed by atoms with van der Waals surface area (Å²) in [5.74, 6) is 0.0758. The molecule has 0 bridgehead atoms. The minimum absolute atomic E-state index is 0.301. The van der Waals surface area contributed by atoms with Gasteiger partial charge in [0.15, 0.2) is 0 Å². The topological polar surface area (TPSA) is 61.4 Å². The number of rotatable bonds is 3. The molecule has 0 spiro atoms. The summed E-state index contributed by atoms with van der Waals surface area (Å²) in [4.78, 5) is 25.7. The molecule has 0 unspecified atom stereocenters. The van der Waals surface area contributed by atoms with Crippen molar-refractivity contribution >= 4 is 46.1 Å². The van der Waals surface area contributed by atoms with Gasteiger partial charge in [-0.05, 0) is 32.2 Å². The van der Waals surface area contributed by atoms with Crippen molar-refractivity contribution < 1.29 is 9.18 Å². The first-order chi connectivity index (χ1) is 14.0. The SMILES string of the molecule is CN1CCCN(c2cncc(-c3ccc(C=C4SC(=S)NC4=O)c(F)c3)n2)CC1. The highest BCUT2D eigenvalue weighted by Gasteiger charge is 2.22. The lowest BCUT2D eigenvalue weighted by Crippen LogP contribution is -2.29. The van der Waals surface area contributed by atoms with E-state index < -0.39 is 5.82 Å². The van der Waals surface area contributed by atoms with E-state index in [4.69, 9.17) is 17.2 Å². The van der Waals surface area contributed by atoms with E-state index in [-0.39, 0.29) is 5.91 Å². The van der Waals surface area contributed by atoms with Gasteiger partial charge in [-0.25, -0.2) is 9.37 Å². The molecule has 0 atom stereocenters. The molecular weight excluding hydrogens is 409 g/mol. The third kappa shape index (κ3) is 4.63. The molecule has 0 saturated carbocycles. The Labute approximate surface area is 178 Å². The molecule has 2 saturated heterocycles. The average Bonchev–Trinajstić information content (AvgIpc) is 2.88. The Morgan fingerprint density at radius 1 is 1.24 bits per heavy atom. The molecule has 2 aliphatic heterocycles. The minimum atomic E-state index is -0.426. The monoisotopic (exact) mass is 429 g/mol. The minimum Gasteiger partial charge on any atom is -0.354 e. The number of carbonyl (C=O) groups excluding carboxylic acids is 1. The number of likely N-dealkylation sites (N-methyl/N-ethyl adjacent to an activating group) is 1. The second-order valence-electron chi connectivity index (χ2n) is 6.99. The molecule has 1 aromatic heterocycles. The van der Waals surface area contributed by atoms with Gasteiger partial charge >= 0.3 is 0 Å². The normalized spacial score (nSPS) is 19.5. The number of thioether (sulfide) groups is 1. The van der Waals surface area contributed by atoms with Crippen molar-refractivity contribution in [2.45, 2.75) is 6.42 Å². The molecule has 3 heterocycles. The third-order valence-corrected chi connectivity index (χ3v) is 6.05. The summed E-state index contributed by atoms with van der Waals surface area (Å²) in [6.45, 7) is 3.84. The summed E-state index contributed by atoms with van der Waals surface area (Å²) in [6.07, 6.45) is 5.96. The van der Waals surface area contributed by atoms with Crippen molar-refractivity contribution in [1.29, 1.82) is 0 Å². The first kappa shape index (κ1) is 19.9. The van der Waals surface area contributed by atoms with E-state index >= 15 is 0 Å². The lowest BCUT2D eigenvalue weighted by atomic mass is 10.1. The zero-order valence-corrected chi connectivity index (χ0v) is 17.5. The van der Waals surface area contributed by atoms with E-state index in [1.54, 1.807) is 24.5 Å². The van der Waals surface area contributed by atoms with Gasteiger partial charge in [0.25, 0.3) is 5.91 Å². The van der Waals surface area contributed by atoms with Crippen LogP contribution in [0.15, 0.2) is 35.5 Å². The first-order valence-electron chi connectivity index (χ1n) is 9.30. The maximum atomic E-state index is 14.7. The number of benzene rings is 1. The van der Waals surface area contributed by atoms with Crippen molar-refractivity contribution in [2.24, 2.45) is 0 Å². The fraction of sp³-hybridized carbons (Fsp3) is 0.300. The molecule has 6 nitrogen and oxygen atoms in total. The van der Waals surface area contributed by atoms with Crippen molar-refractivity contribution in [2.75, 3.05) is 38.1 Å².